The van der Waals surface area contributed by atoms with Gasteiger partial charge in [0.15, 0.2) is 5.69 Å². The van der Waals surface area contributed by atoms with Crippen LogP contribution in [-0.2, 0) is 15.2 Å². The van der Waals surface area contributed by atoms with Gasteiger partial charge in [-0.1, -0.05) is 38.1 Å². The first-order valence-corrected chi connectivity index (χ1v) is 14.7. The number of hydrogen-bond donors (Lipinski definition) is 0. The van der Waals surface area contributed by atoms with Gasteiger partial charge in [-0.05, 0) is 53.2 Å². The average molecular weight is 582 g/mol. The van der Waals surface area contributed by atoms with E-state index < -0.39 is 30.6 Å². The lowest BCUT2D eigenvalue weighted by molar-refractivity contribution is 0.0104. The molecule has 0 saturated carbocycles. The summed E-state index contributed by atoms with van der Waals surface area (Å²) in [7, 11) is 1.16. The van der Waals surface area contributed by atoms with Crippen LogP contribution in [-0.4, -0.2) is 48.3 Å². The van der Waals surface area contributed by atoms with Crippen LogP contribution in [0.2, 0.25) is 0 Å². The number of hydrogen-bond acceptors (Lipinski definition) is 8. The number of aromatic nitrogens is 1. The minimum absolute atomic E-state index is 0.0126. The summed E-state index contributed by atoms with van der Waals surface area (Å²) in [6.45, 7) is 4.20. The van der Waals surface area contributed by atoms with Crippen LogP contribution in [0, 0.1) is 11.2 Å². The molecule has 0 unspecified atom stereocenters. The smallest absolute Gasteiger partial charge is 0.451 e. The van der Waals surface area contributed by atoms with Crippen molar-refractivity contribution in [2.75, 3.05) is 25.5 Å². The van der Waals surface area contributed by atoms with Crippen molar-refractivity contribution in [2.24, 2.45) is 5.41 Å². The summed E-state index contributed by atoms with van der Waals surface area (Å²) < 4.78 is 32.6. The molecule has 1 fully saturated rings. The number of carbonyl (C=O) groups is 2. The normalized spacial score (nSPS) is 22.7. The average Bonchev–Trinajstić information content (AvgIpc) is 3.11. The van der Waals surface area contributed by atoms with E-state index in [9.17, 15) is 14.4 Å². The summed E-state index contributed by atoms with van der Waals surface area (Å²) in [6, 6.07) is 5.93. The molecule has 3 aliphatic heterocycles. The Morgan fingerprint density at radius 1 is 1.22 bits per heavy atom. The number of pyridine rings is 1. The van der Waals surface area contributed by atoms with Crippen LogP contribution in [0.4, 0.5) is 9.18 Å². The van der Waals surface area contributed by atoms with Gasteiger partial charge in [0.1, 0.15) is 18.0 Å². The highest BCUT2D eigenvalue weighted by atomic mass is 32.2. The number of fused-ring (bicyclic) bond motifs is 3. The number of halogens is 1. The van der Waals surface area contributed by atoms with Crippen molar-refractivity contribution in [2.45, 2.75) is 57.5 Å². The molecule has 1 amide bonds. The summed E-state index contributed by atoms with van der Waals surface area (Å²) in [5.41, 5.74) is 1.85. The molecule has 1 aromatic carbocycles. The maximum Gasteiger partial charge on any atom is 0.510 e. The third kappa shape index (κ3) is 4.79. The number of amides is 1. The third-order valence-electron chi connectivity index (χ3n) is 8.26. The SMILES string of the molecule is COC(=O)OCOc1c2n(ccc1=O)N([C@@H]1C3=C(CCC=C3)SCc3cccc(F)c31)[C@@H]1CC(C)(C)CCN1C2=O. The van der Waals surface area contributed by atoms with Crippen molar-refractivity contribution in [3.63, 3.8) is 0 Å². The van der Waals surface area contributed by atoms with E-state index in [1.165, 1.54) is 17.0 Å². The van der Waals surface area contributed by atoms with Gasteiger partial charge < -0.3 is 19.1 Å². The first-order valence-electron chi connectivity index (χ1n) is 13.7. The van der Waals surface area contributed by atoms with Gasteiger partial charge in [-0.25, -0.2) is 9.18 Å². The van der Waals surface area contributed by atoms with Gasteiger partial charge in [0, 0.05) is 30.1 Å². The molecule has 2 atom stereocenters. The number of nitrogens with zero attached hydrogens (tertiary/aromatic N) is 3. The maximum absolute atomic E-state index is 16.0. The first kappa shape index (κ1) is 27.4. The summed E-state index contributed by atoms with van der Waals surface area (Å²) in [5.74, 6) is -0.276. The van der Waals surface area contributed by atoms with Crippen molar-refractivity contribution in [1.82, 2.24) is 9.58 Å². The van der Waals surface area contributed by atoms with E-state index in [1.54, 1.807) is 33.6 Å². The summed E-state index contributed by atoms with van der Waals surface area (Å²) in [6.07, 6.45) is 7.53. The minimum atomic E-state index is -0.979. The fraction of sp³-hybridized carbons (Fsp3) is 0.433. The molecule has 0 N–H and O–H groups in total. The van der Waals surface area contributed by atoms with Gasteiger partial charge in [0.05, 0.1) is 7.11 Å². The van der Waals surface area contributed by atoms with Crippen molar-refractivity contribution < 1.29 is 28.2 Å². The zero-order chi connectivity index (χ0) is 28.9. The molecule has 0 spiro atoms. The van der Waals surface area contributed by atoms with Gasteiger partial charge in [-0.3, -0.25) is 19.3 Å². The van der Waals surface area contributed by atoms with Crippen molar-refractivity contribution in [1.29, 1.82) is 0 Å². The van der Waals surface area contributed by atoms with Crippen LogP contribution in [0.3, 0.4) is 0 Å². The molecule has 41 heavy (non-hydrogen) atoms. The van der Waals surface area contributed by atoms with E-state index in [2.05, 4.69) is 30.7 Å². The lowest BCUT2D eigenvalue weighted by atomic mass is 9.79. The molecule has 1 saturated heterocycles. The lowest BCUT2D eigenvalue weighted by Gasteiger charge is -2.55. The van der Waals surface area contributed by atoms with E-state index >= 15 is 4.39 Å². The highest BCUT2D eigenvalue weighted by Gasteiger charge is 2.49. The van der Waals surface area contributed by atoms with Crippen LogP contribution in [0.25, 0.3) is 0 Å². The molecule has 1 aromatic heterocycles. The summed E-state index contributed by atoms with van der Waals surface area (Å²) in [5, 5.41) is 2.05. The summed E-state index contributed by atoms with van der Waals surface area (Å²) >= 11 is 1.73. The Balaban J connectivity index is 1.58. The van der Waals surface area contributed by atoms with Gasteiger partial charge in [0.25, 0.3) is 5.91 Å². The number of ether oxygens (including phenoxy) is 3. The lowest BCUT2D eigenvalue weighted by Crippen LogP contribution is -2.65. The second-order valence-electron chi connectivity index (χ2n) is 11.4. The van der Waals surface area contributed by atoms with Crippen LogP contribution in [0.5, 0.6) is 5.75 Å². The third-order valence-corrected chi connectivity index (χ3v) is 9.50. The molecule has 1 aliphatic carbocycles. The molecule has 11 heteroatoms. The Kier molecular flexibility index (Phi) is 7.09. The van der Waals surface area contributed by atoms with E-state index in [0.29, 0.717) is 24.3 Å². The van der Waals surface area contributed by atoms with E-state index in [-0.39, 0.29) is 28.6 Å². The van der Waals surface area contributed by atoms with Crippen molar-refractivity contribution in [3.8, 4) is 5.75 Å². The second-order valence-corrected chi connectivity index (χ2v) is 12.4. The standard InChI is InChI=1S/C30H32FN3O6S/c1-30(2)12-14-32-23(15-30)34(33-13-11-21(35)27(26(33)28(32)36)39-17-40-29(37)38-3)25-19-8-4-5-10-22(19)41-16-18-7-6-9-20(31)24(18)25/h4,6-9,11,13,23,25H,5,10,12,14-17H2,1-3H3/t23-,25-/m1/s1. The molecule has 9 nitrogen and oxygen atoms in total. The monoisotopic (exact) mass is 581 g/mol. The number of piperidine rings is 1. The van der Waals surface area contributed by atoms with Crippen LogP contribution < -0.4 is 15.2 Å². The molecule has 0 radical (unpaired) electrons. The van der Waals surface area contributed by atoms with Crippen LogP contribution in [0.15, 0.2) is 57.9 Å². The van der Waals surface area contributed by atoms with E-state index in [4.69, 9.17) is 9.47 Å². The zero-order valence-electron chi connectivity index (χ0n) is 23.2. The van der Waals surface area contributed by atoms with Crippen molar-refractivity contribution >= 4 is 23.8 Å². The van der Waals surface area contributed by atoms with Crippen LogP contribution in [0.1, 0.15) is 67.2 Å². The summed E-state index contributed by atoms with van der Waals surface area (Å²) in [4.78, 5) is 41.7. The highest BCUT2D eigenvalue weighted by molar-refractivity contribution is 8.02. The fourth-order valence-corrected chi connectivity index (χ4v) is 7.42. The Hall–Kier alpha value is -3.73. The zero-order valence-corrected chi connectivity index (χ0v) is 24.0. The number of thioether (sulfide) groups is 1. The Labute approximate surface area is 241 Å². The van der Waals surface area contributed by atoms with Crippen LogP contribution >= 0.6 is 11.8 Å². The van der Waals surface area contributed by atoms with Crippen molar-refractivity contribution in [3.05, 3.63) is 86.0 Å². The van der Waals surface area contributed by atoms with Gasteiger partial charge in [-0.15, -0.1) is 11.8 Å². The van der Waals surface area contributed by atoms with E-state index in [0.717, 1.165) is 37.5 Å². The molecule has 2 aromatic rings. The Morgan fingerprint density at radius 2 is 2.05 bits per heavy atom. The molecule has 4 heterocycles. The Bertz CT molecular complexity index is 1530. The minimum Gasteiger partial charge on any atom is -0.451 e. The molecule has 4 aliphatic rings. The topological polar surface area (TPSA) is 90.3 Å². The van der Waals surface area contributed by atoms with E-state index in [1.807, 2.05) is 11.1 Å². The number of methoxy groups -OCH3 is 1. The molecule has 0 bridgehead atoms. The highest BCUT2D eigenvalue weighted by Crippen LogP contribution is 2.49. The quantitative estimate of drug-likeness (QED) is 0.358. The maximum atomic E-state index is 16.0. The molecule has 216 valence electrons. The number of benzene rings is 1. The molecule has 6 rings (SSSR count). The first-order chi connectivity index (χ1) is 19.7. The predicted octanol–water partition coefficient (Wildman–Crippen LogP) is 5.24. The van der Waals surface area contributed by atoms with Gasteiger partial charge in [-0.2, -0.15) is 0 Å². The number of carbonyl (C=O) groups excluding carboxylic acids is 2. The fourth-order valence-electron chi connectivity index (χ4n) is 6.23. The second kappa shape index (κ2) is 10.6. The Morgan fingerprint density at radius 3 is 2.85 bits per heavy atom. The van der Waals surface area contributed by atoms with Gasteiger partial charge in [0.2, 0.25) is 18.0 Å². The largest absolute Gasteiger partial charge is 0.510 e. The number of allylic oxidation sites excluding steroid dienone is 2. The molecular weight excluding hydrogens is 549 g/mol. The number of rotatable bonds is 4. The van der Waals surface area contributed by atoms with Gasteiger partial charge >= 0.3 is 6.16 Å². The predicted molar refractivity (Wildman–Crippen MR) is 152 cm³/mol. The molecular formula is C30H32FN3O6S.